The van der Waals surface area contributed by atoms with E-state index in [0.717, 1.165) is 22.3 Å². The zero-order valence-electron chi connectivity index (χ0n) is 33.6. The van der Waals surface area contributed by atoms with E-state index in [4.69, 9.17) is 15.2 Å². The molecule has 14 nitrogen and oxygen atoms in total. The summed E-state index contributed by atoms with van der Waals surface area (Å²) in [7, 11) is 1.23. The van der Waals surface area contributed by atoms with Gasteiger partial charge in [-0.15, -0.1) is 0 Å². The van der Waals surface area contributed by atoms with Gasteiger partial charge in [0.25, 0.3) is 5.91 Å². The molecular formula is C42H52F2N8O6. The Kier molecular flexibility index (Phi) is 12.5. The lowest BCUT2D eigenvalue weighted by Crippen LogP contribution is -2.51. The molecule has 0 saturated carbocycles. The van der Waals surface area contributed by atoms with E-state index < -0.39 is 54.2 Å². The van der Waals surface area contributed by atoms with Crippen LogP contribution in [0.1, 0.15) is 84.0 Å². The topological polar surface area (TPSA) is 189 Å². The Morgan fingerprint density at radius 3 is 1.72 bits per heavy atom. The highest BCUT2D eigenvalue weighted by Crippen LogP contribution is 2.38. The first-order valence-corrected chi connectivity index (χ1v) is 19.6. The lowest BCUT2D eigenvalue weighted by atomic mass is 9.92. The van der Waals surface area contributed by atoms with Gasteiger partial charge in [-0.05, 0) is 53.9 Å². The fourth-order valence-electron chi connectivity index (χ4n) is 8.12. The van der Waals surface area contributed by atoms with Crippen LogP contribution < -0.4 is 11.1 Å². The molecule has 4 aromatic rings. The number of rotatable bonds is 13. The summed E-state index contributed by atoms with van der Waals surface area (Å²) in [5.41, 5.74) is 8.77. The van der Waals surface area contributed by atoms with Crippen molar-refractivity contribution in [3.8, 4) is 33.6 Å². The highest BCUT2D eigenvalue weighted by atomic mass is 19.1. The molecule has 2 fully saturated rings. The van der Waals surface area contributed by atoms with Gasteiger partial charge in [0.1, 0.15) is 30.0 Å². The second kappa shape index (κ2) is 17.4. The molecule has 58 heavy (non-hydrogen) atoms. The fraction of sp³-hybridized carbons (Fsp3) is 0.476. The Morgan fingerprint density at radius 1 is 0.810 bits per heavy atom. The molecule has 4 heterocycles. The van der Waals surface area contributed by atoms with Crippen LogP contribution in [0, 0.1) is 11.8 Å². The van der Waals surface area contributed by atoms with E-state index in [1.54, 1.807) is 12.4 Å². The molecule has 2 aromatic carbocycles. The van der Waals surface area contributed by atoms with E-state index in [2.05, 4.69) is 25.3 Å². The van der Waals surface area contributed by atoms with Crippen LogP contribution in [0.15, 0.2) is 60.9 Å². The smallest absolute Gasteiger partial charge is 0.407 e. The Bertz CT molecular complexity index is 2090. The number of hydrogen-bond donors (Lipinski definition) is 4. The number of nitrogens with one attached hydrogen (secondary N) is 3. The number of benzene rings is 2. The van der Waals surface area contributed by atoms with Gasteiger partial charge in [-0.2, -0.15) is 0 Å². The molecule has 16 heteroatoms. The van der Waals surface area contributed by atoms with Crippen molar-refractivity contribution < 1.29 is 37.4 Å². The van der Waals surface area contributed by atoms with E-state index in [9.17, 15) is 28.0 Å². The predicted molar refractivity (Wildman–Crippen MR) is 212 cm³/mol. The summed E-state index contributed by atoms with van der Waals surface area (Å²) >= 11 is 0. The zero-order chi connectivity index (χ0) is 41.9. The monoisotopic (exact) mass is 802 g/mol. The minimum atomic E-state index is -1.55. The number of carbonyl (C=O) groups excluding carboxylic acids is 4. The number of hydrogen-bond acceptors (Lipinski definition) is 8. The van der Waals surface area contributed by atoms with Crippen LogP contribution in [0.4, 0.5) is 18.4 Å². The van der Waals surface area contributed by atoms with Crippen LogP contribution in [0.25, 0.3) is 33.6 Å². The van der Waals surface area contributed by atoms with Crippen LogP contribution >= 0.6 is 0 Å². The summed E-state index contributed by atoms with van der Waals surface area (Å²) in [5, 5.41) is 2.61. The summed E-state index contributed by atoms with van der Waals surface area (Å²) in [4.78, 5) is 69.5. The number of nitrogens with two attached hydrogens (primary N) is 1. The number of alkyl carbamates (subject to hydrolysis) is 1. The van der Waals surface area contributed by atoms with Crippen molar-refractivity contribution in [2.75, 3.05) is 20.2 Å². The van der Waals surface area contributed by atoms with Crippen LogP contribution in [0.2, 0.25) is 0 Å². The second-order valence-electron chi connectivity index (χ2n) is 16.2. The number of halogens is 2. The van der Waals surface area contributed by atoms with Crippen molar-refractivity contribution in [1.29, 1.82) is 0 Å². The van der Waals surface area contributed by atoms with Gasteiger partial charge in [-0.25, -0.2) is 28.3 Å². The summed E-state index contributed by atoms with van der Waals surface area (Å²) in [6, 6.07) is 13.5. The van der Waals surface area contributed by atoms with Gasteiger partial charge in [0, 0.05) is 12.8 Å². The Balaban J connectivity index is 1.13. The zero-order valence-corrected chi connectivity index (χ0v) is 33.6. The van der Waals surface area contributed by atoms with Gasteiger partial charge in [-0.1, -0.05) is 76.2 Å². The van der Waals surface area contributed by atoms with Crippen molar-refractivity contribution >= 4 is 24.0 Å². The third-order valence-electron chi connectivity index (χ3n) is 10.7. The predicted octanol–water partition coefficient (Wildman–Crippen LogP) is 7.03. The third-order valence-corrected chi connectivity index (χ3v) is 10.7. The first-order valence-electron chi connectivity index (χ1n) is 19.6. The highest BCUT2D eigenvalue weighted by molar-refractivity contribution is 5.88. The minimum absolute atomic E-state index is 0.00510. The minimum Gasteiger partial charge on any atom is -0.453 e. The second-order valence-corrected chi connectivity index (χ2v) is 16.2. The highest BCUT2D eigenvalue weighted by Gasteiger charge is 2.47. The molecule has 310 valence electrons. The first-order chi connectivity index (χ1) is 27.5. The summed E-state index contributed by atoms with van der Waals surface area (Å²) in [6.07, 6.45) is -0.256. The van der Waals surface area contributed by atoms with E-state index in [1.165, 1.54) is 23.8 Å². The standard InChI is InChI=1S/C42H52F2N8O6/c1-23(2)15-31(50-41(56)57-6)38(53)51-21-29(43)16-34(51)36-46-19-32(48-36)27-11-7-25(8-12-27)26-9-13-28(14-10-26)33-20-47-37(49-33)35-17-30(44)22-52(35)39(54)42(5,18-24(3)4)58-40(45)55/h7-14,19-20,23-24,29-31,34-35H,15-18,21-22H2,1-6H3,(H2,45,55)(H,46,48)(H,47,49)(H,50,56)/t29-,30-,31+,34+,35+,42+/m1/s1. The van der Waals surface area contributed by atoms with Crippen molar-refractivity contribution in [3.63, 3.8) is 0 Å². The van der Waals surface area contributed by atoms with Gasteiger partial charge >= 0.3 is 12.2 Å². The molecule has 5 N–H and O–H groups in total. The number of aromatic amines is 2. The van der Waals surface area contributed by atoms with Crippen molar-refractivity contribution in [2.45, 2.75) is 96.4 Å². The van der Waals surface area contributed by atoms with Crippen LogP contribution in [-0.4, -0.2) is 97.9 Å². The summed E-state index contributed by atoms with van der Waals surface area (Å²) in [6.45, 7) is 8.92. The average molecular weight is 803 g/mol. The summed E-state index contributed by atoms with van der Waals surface area (Å²) < 4.78 is 39.7. The number of ether oxygens (including phenoxy) is 2. The SMILES string of the molecule is COC(=O)N[C@@H](CC(C)C)C(=O)N1C[C@H](F)C[C@H]1c1ncc(-c2ccc(-c3ccc(-c4cnc([C@@H]5C[C@@H](F)CN5C(=O)[C@](C)(CC(C)C)OC(N)=O)[nH]4)cc3)cc2)[nH]1. The number of amides is 4. The summed E-state index contributed by atoms with van der Waals surface area (Å²) in [5.74, 6) is 0.0942. The van der Waals surface area contributed by atoms with Crippen molar-refractivity contribution in [2.24, 2.45) is 17.6 Å². The van der Waals surface area contributed by atoms with Crippen LogP contribution in [0.5, 0.6) is 0 Å². The normalized spacial score (nSPS) is 20.9. The Labute approximate surface area is 336 Å². The molecule has 2 aliphatic rings. The first kappa shape index (κ1) is 41.8. The van der Waals surface area contributed by atoms with E-state index in [-0.39, 0.29) is 50.1 Å². The van der Waals surface area contributed by atoms with E-state index in [1.807, 2.05) is 76.2 Å². The Hall–Kier alpha value is -5.80. The molecule has 0 spiro atoms. The Morgan fingerprint density at radius 2 is 1.28 bits per heavy atom. The number of aromatic nitrogens is 4. The maximum Gasteiger partial charge on any atom is 0.407 e. The van der Waals surface area contributed by atoms with Gasteiger partial charge < -0.3 is 40.3 Å². The number of imidazole rings is 2. The quantitative estimate of drug-likeness (QED) is 0.111. The number of nitrogens with zero attached hydrogens (tertiary/aromatic N) is 4. The molecule has 2 saturated heterocycles. The number of alkyl halides is 2. The van der Waals surface area contributed by atoms with Crippen LogP contribution in [0.3, 0.4) is 0 Å². The number of primary amides is 1. The van der Waals surface area contributed by atoms with Gasteiger partial charge in [0.05, 0.1) is 56.1 Å². The maximum atomic E-state index is 14.8. The number of carbonyl (C=O) groups is 4. The molecule has 0 unspecified atom stereocenters. The molecule has 2 aromatic heterocycles. The number of likely N-dealkylation sites (tertiary alicyclic amines) is 2. The van der Waals surface area contributed by atoms with Crippen LogP contribution in [-0.2, 0) is 19.1 Å². The fourth-order valence-corrected chi connectivity index (χ4v) is 8.12. The number of H-pyrrole nitrogens is 2. The molecular weight excluding hydrogens is 751 g/mol. The van der Waals surface area contributed by atoms with E-state index in [0.29, 0.717) is 29.5 Å². The maximum absolute atomic E-state index is 14.8. The number of methoxy groups -OCH3 is 1. The molecule has 6 atom stereocenters. The van der Waals surface area contributed by atoms with Crippen molar-refractivity contribution in [3.05, 3.63) is 72.6 Å². The molecule has 0 bridgehead atoms. The van der Waals surface area contributed by atoms with Gasteiger partial charge in [0.2, 0.25) is 5.91 Å². The third kappa shape index (κ3) is 9.32. The van der Waals surface area contributed by atoms with Gasteiger partial charge in [0.15, 0.2) is 5.60 Å². The van der Waals surface area contributed by atoms with Gasteiger partial charge in [-0.3, -0.25) is 9.59 Å². The lowest BCUT2D eigenvalue weighted by molar-refractivity contribution is -0.152. The lowest BCUT2D eigenvalue weighted by Gasteiger charge is -2.35. The molecule has 0 aliphatic carbocycles. The molecule has 2 aliphatic heterocycles. The molecule has 6 rings (SSSR count). The van der Waals surface area contributed by atoms with E-state index >= 15 is 0 Å². The largest absolute Gasteiger partial charge is 0.453 e. The van der Waals surface area contributed by atoms with Crippen molar-refractivity contribution in [1.82, 2.24) is 35.1 Å². The molecule has 4 amide bonds. The average Bonchev–Trinajstić information content (AvgIpc) is 4.00. The molecule has 0 radical (unpaired) electrons.